The highest BCUT2D eigenvalue weighted by atomic mass is 32.2. The molecule has 0 spiro atoms. The first kappa shape index (κ1) is 21.4. The van der Waals surface area contributed by atoms with Crippen LogP contribution in [0.3, 0.4) is 0 Å². The first-order valence-electron chi connectivity index (χ1n) is 10.1. The first-order chi connectivity index (χ1) is 13.9. The zero-order valence-corrected chi connectivity index (χ0v) is 17.7. The average Bonchev–Trinajstić information content (AvgIpc) is 3.18. The van der Waals surface area contributed by atoms with Crippen molar-refractivity contribution in [1.29, 1.82) is 0 Å². The van der Waals surface area contributed by atoms with Crippen LogP contribution in [-0.4, -0.2) is 41.9 Å². The second kappa shape index (κ2) is 9.49. The topological polar surface area (TPSA) is 105 Å². The van der Waals surface area contributed by atoms with Gasteiger partial charge in [-0.3, -0.25) is 4.79 Å². The van der Waals surface area contributed by atoms with Crippen LogP contribution in [0.1, 0.15) is 63.6 Å². The Morgan fingerprint density at radius 1 is 1.17 bits per heavy atom. The van der Waals surface area contributed by atoms with Crippen LogP contribution in [0.2, 0.25) is 0 Å². The molecule has 2 heterocycles. The second-order valence-electron chi connectivity index (χ2n) is 7.59. The molecule has 1 aromatic heterocycles. The normalized spacial score (nSPS) is 15.6. The summed E-state index contributed by atoms with van der Waals surface area (Å²) in [7, 11) is -3.46. The Balaban J connectivity index is 1.49. The Morgan fingerprint density at radius 2 is 1.86 bits per heavy atom. The fourth-order valence-electron chi connectivity index (χ4n) is 3.19. The van der Waals surface area contributed by atoms with E-state index in [4.69, 9.17) is 4.52 Å². The van der Waals surface area contributed by atoms with Crippen molar-refractivity contribution in [3.05, 3.63) is 36.0 Å². The van der Waals surface area contributed by atoms with Crippen LogP contribution < -0.4 is 5.32 Å². The molecule has 29 heavy (non-hydrogen) atoms. The molecule has 0 atom stereocenters. The minimum absolute atomic E-state index is 0.139. The largest absolute Gasteiger partial charge is 0.339 e. The lowest BCUT2D eigenvalue weighted by Gasteiger charge is -2.25. The molecular weight excluding hydrogens is 392 g/mol. The molecule has 0 saturated carbocycles. The first-order valence-corrected chi connectivity index (χ1v) is 11.5. The number of piperidine rings is 1. The zero-order valence-electron chi connectivity index (χ0n) is 16.9. The fourth-order valence-corrected chi connectivity index (χ4v) is 4.71. The second-order valence-corrected chi connectivity index (χ2v) is 9.53. The molecule has 1 saturated heterocycles. The van der Waals surface area contributed by atoms with Gasteiger partial charge in [-0.2, -0.15) is 9.29 Å². The van der Waals surface area contributed by atoms with E-state index in [-0.39, 0.29) is 16.7 Å². The van der Waals surface area contributed by atoms with Gasteiger partial charge in [0.1, 0.15) is 0 Å². The molecule has 0 aliphatic carbocycles. The number of rotatable bonds is 8. The van der Waals surface area contributed by atoms with Gasteiger partial charge in [0.05, 0.1) is 4.90 Å². The molecule has 8 nitrogen and oxygen atoms in total. The molecular formula is C20H28N4O4S. The summed E-state index contributed by atoms with van der Waals surface area (Å²) in [6.45, 7) is 5.12. The maximum Gasteiger partial charge on any atom is 0.243 e. The number of aryl methyl sites for hydroxylation is 1. The number of amides is 1. The minimum Gasteiger partial charge on any atom is -0.339 e. The summed E-state index contributed by atoms with van der Waals surface area (Å²) in [6, 6.07) is 6.35. The number of anilines is 1. The van der Waals surface area contributed by atoms with Gasteiger partial charge >= 0.3 is 0 Å². The number of aromatic nitrogens is 2. The predicted octanol–water partition coefficient (Wildman–Crippen LogP) is 3.33. The highest BCUT2D eigenvalue weighted by molar-refractivity contribution is 7.89. The van der Waals surface area contributed by atoms with Crippen LogP contribution in [-0.2, 0) is 21.2 Å². The molecule has 158 valence electrons. The van der Waals surface area contributed by atoms with E-state index >= 15 is 0 Å². The molecule has 1 aliphatic heterocycles. The zero-order chi connectivity index (χ0) is 20.9. The van der Waals surface area contributed by atoms with E-state index in [0.717, 1.165) is 19.3 Å². The van der Waals surface area contributed by atoms with Gasteiger partial charge in [0.15, 0.2) is 5.82 Å². The van der Waals surface area contributed by atoms with Crippen molar-refractivity contribution >= 4 is 21.6 Å². The van der Waals surface area contributed by atoms with Crippen molar-refractivity contribution in [3.63, 3.8) is 0 Å². The summed E-state index contributed by atoms with van der Waals surface area (Å²) in [5.41, 5.74) is 0.576. The Morgan fingerprint density at radius 3 is 2.48 bits per heavy atom. The molecule has 0 radical (unpaired) electrons. The SMILES string of the molecule is CC(C)c1noc(CCCC(=O)Nc2ccc(S(=O)(=O)N3CCCCC3)cc2)n1. The van der Waals surface area contributed by atoms with Crippen LogP contribution in [0.25, 0.3) is 0 Å². The Bertz CT molecular complexity index is 916. The van der Waals surface area contributed by atoms with Crippen LogP contribution >= 0.6 is 0 Å². The molecule has 2 aromatic rings. The van der Waals surface area contributed by atoms with Gasteiger partial charge in [-0.1, -0.05) is 25.4 Å². The Kier molecular flexibility index (Phi) is 7.02. The van der Waals surface area contributed by atoms with Crippen molar-refractivity contribution in [2.45, 2.75) is 63.2 Å². The van der Waals surface area contributed by atoms with Crippen molar-refractivity contribution in [1.82, 2.24) is 14.4 Å². The molecule has 1 aromatic carbocycles. The summed E-state index contributed by atoms with van der Waals surface area (Å²) < 4.78 is 32.0. The summed E-state index contributed by atoms with van der Waals surface area (Å²) in [4.78, 5) is 16.7. The van der Waals surface area contributed by atoms with E-state index in [2.05, 4.69) is 15.5 Å². The third-order valence-corrected chi connectivity index (χ3v) is 6.80. The van der Waals surface area contributed by atoms with Crippen LogP contribution in [0, 0.1) is 0 Å². The maximum atomic E-state index is 12.7. The maximum absolute atomic E-state index is 12.7. The highest BCUT2D eigenvalue weighted by Gasteiger charge is 2.25. The Hall–Kier alpha value is -2.26. The number of benzene rings is 1. The number of nitrogens with zero attached hydrogens (tertiary/aromatic N) is 3. The summed E-state index contributed by atoms with van der Waals surface area (Å²) in [6.07, 6.45) is 4.31. The lowest BCUT2D eigenvalue weighted by molar-refractivity contribution is -0.116. The van der Waals surface area contributed by atoms with Crippen molar-refractivity contribution < 1.29 is 17.7 Å². The number of sulfonamides is 1. The van der Waals surface area contributed by atoms with E-state index in [1.54, 1.807) is 24.3 Å². The summed E-state index contributed by atoms with van der Waals surface area (Å²) in [5.74, 6) is 1.27. The van der Waals surface area contributed by atoms with Gasteiger partial charge in [-0.05, 0) is 43.5 Å². The van der Waals surface area contributed by atoms with E-state index < -0.39 is 10.0 Å². The molecule has 1 aliphatic rings. The van der Waals surface area contributed by atoms with Crippen molar-refractivity contribution in [2.24, 2.45) is 0 Å². The van der Waals surface area contributed by atoms with E-state index in [1.165, 1.54) is 4.31 Å². The third-order valence-electron chi connectivity index (χ3n) is 4.89. The molecule has 0 unspecified atom stereocenters. The van der Waals surface area contributed by atoms with Crippen LogP contribution in [0.5, 0.6) is 0 Å². The van der Waals surface area contributed by atoms with Gasteiger partial charge in [0.25, 0.3) is 0 Å². The molecule has 0 bridgehead atoms. The highest BCUT2D eigenvalue weighted by Crippen LogP contribution is 2.22. The lowest BCUT2D eigenvalue weighted by Crippen LogP contribution is -2.35. The molecule has 3 rings (SSSR count). The van der Waals surface area contributed by atoms with Gasteiger partial charge in [0.2, 0.25) is 21.8 Å². The van der Waals surface area contributed by atoms with Gasteiger partial charge in [-0.15, -0.1) is 0 Å². The number of carbonyl (C=O) groups is 1. The lowest BCUT2D eigenvalue weighted by atomic mass is 10.2. The van der Waals surface area contributed by atoms with Gasteiger partial charge in [0, 0.05) is 37.5 Å². The van der Waals surface area contributed by atoms with Gasteiger partial charge in [-0.25, -0.2) is 8.42 Å². The van der Waals surface area contributed by atoms with Gasteiger partial charge < -0.3 is 9.84 Å². The smallest absolute Gasteiger partial charge is 0.243 e. The van der Waals surface area contributed by atoms with Crippen LogP contribution in [0.4, 0.5) is 5.69 Å². The standard InChI is InChI=1S/C20H28N4O4S/c1-15(2)20-22-19(28-23-20)8-6-7-18(25)21-16-9-11-17(12-10-16)29(26,27)24-13-4-3-5-14-24/h9-12,15H,3-8,13-14H2,1-2H3,(H,21,25). The molecule has 9 heteroatoms. The van der Waals surface area contributed by atoms with E-state index in [0.29, 0.717) is 49.8 Å². The molecule has 1 N–H and O–H groups in total. The molecule has 1 amide bonds. The van der Waals surface area contributed by atoms with E-state index in [1.807, 2.05) is 13.8 Å². The number of hydrogen-bond acceptors (Lipinski definition) is 6. The van der Waals surface area contributed by atoms with E-state index in [9.17, 15) is 13.2 Å². The quantitative estimate of drug-likeness (QED) is 0.702. The minimum atomic E-state index is -3.46. The molecule has 1 fully saturated rings. The van der Waals surface area contributed by atoms with Crippen LogP contribution in [0.15, 0.2) is 33.7 Å². The van der Waals surface area contributed by atoms with Crippen molar-refractivity contribution in [3.8, 4) is 0 Å². The number of hydrogen-bond donors (Lipinski definition) is 1. The number of nitrogens with one attached hydrogen (secondary N) is 1. The average molecular weight is 421 g/mol. The number of carbonyl (C=O) groups excluding carboxylic acids is 1. The summed E-state index contributed by atoms with van der Waals surface area (Å²) in [5, 5.41) is 6.70. The fraction of sp³-hybridized carbons (Fsp3) is 0.550. The Labute approximate surface area is 171 Å². The van der Waals surface area contributed by atoms with Crippen molar-refractivity contribution in [2.75, 3.05) is 18.4 Å². The predicted molar refractivity (Wildman–Crippen MR) is 109 cm³/mol. The summed E-state index contributed by atoms with van der Waals surface area (Å²) >= 11 is 0. The monoisotopic (exact) mass is 420 g/mol. The third kappa shape index (κ3) is 5.63.